The molecule has 0 atom stereocenters. The van der Waals surface area contributed by atoms with Gasteiger partial charge in [-0.25, -0.2) is 27.5 Å². The van der Waals surface area contributed by atoms with Crippen LogP contribution in [-0.2, 0) is 19.5 Å². The number of ether oxygens (including phenoxy) is 3. The first kappa shape index (κ1) is 25.2. The molecule has 0 unspecified atom stereocenters. The number of halogens is 1. The fourth-order valence-corrected chi connectivity index (χ4v) is 4.07. The Morgan fingerprint density at radius 3 is 2.51 bits per heavy atom. The molecule has 0 saturated carbocycles. The lowest BCUT2D eigenvalue weighted by molar-refractivity contribution is -0.231. The van der Waals surface area contributed by atoms with Gasteiger partial charge in [0.15, 0.2) is 5.82 Å². The summed E-state index contributed by atoms with van der Waals surface area (Å²) in [5, 5.41) is 0. The zero-order chi connectivity index (χ0) is 25.2. The zero-order valence-electron chi connectivity index (χ0n) is 19.9. The maximum Gasteiger partial charge on any atom is 0.317 e. The van der Waals surface area contributed by atoms with Crippen molar-refractivity contribution in [2.24, 2.45) is 5.41 Å². The molecular weight excluding hydrogens is 477 g/mol. The normalized spacial score (nSPS) is 20.8. The van der Waals surface area contributed by atoms with Crippen molar-refractivity contribution in [3.8, 4) is 28.7 Å². The number of nitrogens with zero attached hydrogens (tertiary/aromatic N) is 3. The van der Waals surface area contributed by atoms with Crippen LogP contribution >= 0.6 is 0 Å². The zero-order valence-corrected chi connectivity index (χ0v) is 20.7. The van der Waals surface area contributed by atoms with Crippen molar-refractivity contribution in [2.75, 3.05) is 26.0 Å². The first-order valence-corrected chi connectivity index (χ1v) is 12.9. The molecule has 0 aliphatic carbocycles. The molecule has 0 amide bonds. The Labute approximate surface area is 203 Å². The van der Waals surface area contributed by atoms with Crippen molar-refractivity contribution in [1.82, 2.24) is 24.7 Å². The molecule has 0 spiro atoms. The second-order valence-corrected chi connectivity index (χ2v) is 10.9. The Morgan fingerprint density at radius 1 is 1.20 bits per heavy atom. The Bertz CT molecular complexity index is 1270. The molecule has 0 bridgehead atoms. The van der Waals surface area contributed by atoms with E-state index < -0.39 is 21.7 Å². The van der Waals surface area contributed by atoms with Gasteiger partial charge in [-0.1, -0.05) is 6.92 Å². The molecule has 2 aromatic heterocycles. The van der Waals surface area contributed by atoms with E-state index in [1.807, 2.05) is 20.8 Å². The van der Waals surface area contributed by atoms with E-state index in [0.29, 0.717) is 28.5 Å². The molecule has 3 heterocycles. The first-order valence-electron chi connectivity index (χ1n) is 11.1. The van der Waals surface area contributed by atoms with E-state index in [1.165, 1.54) is 12.1 Å². The Balaban J connectivity index is 1.63. The fourth-order valence-electron chi connectivity index (χ4n) is 3.46. The van der Waals surface area contributed by atoms with Crippen LogP contribution in [0.1, 0.15) is 32.9 Å². The molecule has 12 heteroatoms. The summed E-state index contributed by atoms with van der Waals surface area (Å²) in [5.41, 5.74) is 1.78. The highest BCUT2D eigenvalue weighted by Gasteiger charge is 2.35. The van der Waals surface area contributed by atoms with E-state index in [9.17, 15) is 12.8 Å². The summed E-state index contributed by atoms with van der Waals surface area (Å²) in [6, 6.07) is 7.90. The molecule has 1 saturated heterocycles. The molecule has 10 nitrogen and oxygen atoms in total. The molecule has 1 aliphatic heterocycles. The van der Waals surface area contributed by atoms with Gasteiger partial charge in [0.25, 0.3) is 0 Å². The van der Waals surface area contributed by atoms with Gasteiger partial charge in [0.1, 0.15) is 5.82 Å². The van der Waals surface area contributed by atoms with Gasteiger partial charge in [0, 0.05) is 23.7 Å². The molecular formula is C23H28FN5O5S. The van der Waals surface area contributed by atoms with Gasteiger partial charge in [-0.2, -0.15) is 4.98 Å². The van der Waals surface area contributed by atoms with E-state index in [2.05, 4.69) is 19.7 Å². The predicted molar refractivity (Wildman–Crippen MR) is 126 cm³/mol. The van der Waals surface area contributed by atoms with Crippen molar-refractivity contribution in [1.29, 1.82) is 0 Å². The second-order valence-electron chi connectivity index (χ2n) is 9.10. The summed E-state index contributed by atoms with van der Waals surface area (Å²) in [6.07, 6.45) is 1.79. The minimum atomic E-state index is -3.33. The van der Waals surface area contributed by atoms with Crippen LogP contribution in [0.5, 0.6) is 6.01 Å². The predicted octanol–water partition coefficient (Wildman–Crippen LogP) is 3.06. The number of nitrogens with one attached hydrogen (secondary N) is 2. The van der Waals surface area contributed by atoms with Crippen LogP contribution < -0.4 is 9.46 Å². The number of imidazole rings is 1. The van der Waals surface area contributed by atoms with Gasteiger partial charge in [-0.3, -0.25) is 0 Å². The largest absolute Gasteiger partial charge is 0.461 e. The third kappa shape index (κ3) is 6.40. The number of aromatic amines is 1. The molecule has 188 valence electrons. The standard InChI is InChI=1S/C23H28FN5O5S/c1-14(2)34-22-25-10-9-17(27-22)19-18(15-5-7-16(24)8-6-15)28-20(29-19)21-32-12-23(3,13-33-21)11-26-35(4,30)31/h5-10,14,21,26H,11-13H2,1-4H3,(H,28,29). The van der Waals surface area contributed by atoms with Crippen LogP contribution in [0, 0.1) is 11.2 Å². The monoisotopic (exact) mass is 505 g/mol. The van der Waals surface area contributed by atoms with Crippen LogP contribution in [0.15, 0.2) is 36.5 Å². The second kappa shape index (κ2) is 9.97. The number of H-pyrrole nitrogens is 1. The Hall–Kier alpha value is -2.93. The lowest BCUT2D eigenvalue weighted by Crippen LogP contribution is -2.45. The minimum Gasteiger partial charge on any atom is -0.461 e. The van der Waals surface area contributed by atoms with Crippen LogP contribution in [0.2, 0.25) is 0 Å². The van der Waals surface area contributed by atoms with Crippen molar-refractivity contribution < 1.29 is 27.0 Å². The van der Waals surface area contributed by atoms with E-state index in [-0.39, 0.29) is 37.7 Å². The number of sulfonamides is 1. The average molecular weight is 506 g/mol. The first-order chi connectivity index (χ1) is 16.5. The minimum absolute atomic E-state index is 0.102. The Morgan fingerprint density at radius 2 is 1.89 bits per heavy atom. The number of aromatic nitrogens is 4. The van der Waals surface area contributed by atoms with E-state index >= 15 is 0 Å². The quantitative estimate of drug-likeness (QED) is 0.478. The summed E-state index contributed by atoms with van der Waals surface area (Å²) in [5.74, 6) is 0.0454. The third-order valence-electron chi connectivity index (χ3n) is 5.22. The van der Waals surface area contributed by atoms with Crippen molar-refractivity contribution in [2.45, 2.75) is 33.2 Å². The number of benzene rings is 1. The van der Waals surface area contributed by atoms with Gasteiger partial charge in [-0.05, 0) is 44.2 Å². The molecule has 4 rings (SSSR count). The third-order valence-corrected chi connectivity index (χ3v) is 5.89. The molecule has 1 aliphatic rings. The highest BCUT2D eigenvalue weighted by atomic mass is 32.2. The van der Waals surface area contributed by atoms with Gasteiger partial charge in [-0.15, -0.1) is 0 Å². The van der Waals surface area contributed by atoms with Crippen molar-refractivity contribution in [3.05, 3.63) is 48.2 Å². The SMILES string of the molecule is CC(C)Oc1nccc(-c2[nH]c(C3OCC(C)(CNS(C)(=O)=O)CO3)nc2-c2ccc(F)cc2)n1. The van der Waals surface area contributed by atoms with Gasteiger partial charge >= 0.3 is 6.01 Å². The molecule has 2 N–H and O–H groups in total. The van der Waals surface area contributed by atoms with E-state index in [0.717, 1.165) is 6.26 Å². The van der Waals surface area contributed by atoms with Crippen LogP contribution in [0.4, 0.5) is 4.39 Å². The van der Waals surface area contributed by atoms with Gasteiger partial charge < -0.3 is 19.2 Å². The van der Waals surface area contributed by atoms with Gasteiger partial charge in [0.2, 0.25) is 16.3 Å². The Kier molecular flexibility index (Phi) is 7.17. The maximum atomic E-state index is 13.6. The van der Waals surface area contributed by atoms with Crippen LogP contribution in [0.25, 0.3) is 22.6 Å². The summed E-state index contributed by atoms with van der Waals surface area (Å²) in [6.45, 7) is 6.32. The smallest absolute Gasteiger partial charge is 0.317 e. The van der Waals surface area contributed by atoms with Crippen molar-refractivity contribution >= 4 is 10.0 Å². The highest BCUT2D eigenvalue weighted by molar-refractivity contribution is 7.88. The molecule has 35 heavy (non-hydrogen) atoms. The van der Waals surface area contributed by atoms with Crippen LogP contribution in [-0.4, -0.2) is 60.5 Å². The lowest BCUT2D eigenvalue weighted by Gasteiger charge is -2.36. The summed E-state index contributed by atoms with van der Waals surface area (Å²) in [7, 11) is -3.33. The molecule has 3 aromatic rings. The van der Waals surface area contributed by atoms with Crippen molar-refractivity contribution in [3.63, 3.8) is 0 Å². The summed E-state index contributed by atoms with van der Waals surface area (Å²) in [4.78, 5) is 16.6. The summed E-state index contributed by atoms with van der Waals surface area (Å²) < 4.78 is 56.4. The fraction of sp³-hybridized carbons (Fsp3) is 0.435. The molecule has 1 aromatic carbocycles. The highest BCUT2D eigenvalue weighted by Crippen LogP contribution is 2.35. The summed E-state index contributed by atoms with van der Waals surface area (Å²) >= 11 is 0. The topological polar surface area (TPSA) is 128 Å². The number of rotatable bonds is 8. The number of hydrogen-bond acceptors (Lipinski definition) is 8. The van der Waals surface area contributed by atoms with E-state index in [1.54, 1.807) is 24.4 Å². The molecule has 1 fully saturated rings. The lowest BCUT2D eigenvalue weighted by atomic mass is 9.92. The van der Waals surface area contributed by atoms with Crippen LogP contribution in [0.3, 0.4) is 0 Å². The molecule has 0 radical (unpaired) electrons. The average Bonchev–Trinajstić information content (AvgIpc) is 3.24. The maximum absolute atomic E-state index is 13.6. The van der Waals surface area contributed by atoms with E-state index in [4.69, 9.17) is 19.2 Å². The number of hydrogen-bond donors (Lipinski definition) is 2. The van der Waals surface area contributed by atoms with Gasteiger partial charge in [0.05, 0.1) is 42.7 Å².